The number of benzene rings is 1. The predicted molar refractivity (Wildman–Crippen MR) is 79.0 cm³/mol. The Morgan fingerprint density at radius 2 is 2.00 bits per heavy atom. The first-order valence-electron chi connectivity index (χ1n) is 5.78. The normalized spacial score (nSPS) is 11.5. The van der Waals surface area contributed by atoms with Gasteiger partial charge in [-0.2, -0.15) is 0 Å². The molecule has 19 heavy (non-hydrogen) atoms. The van der Waals surface area contributed by atoms with Crippen LogP contribution < -0.4 is 4.72 Å². The van der Waals surface area contributed by atoms with E-state index in [9.17, 15) is 8.42 Å². The number of anilines is 1. The highest BCUT2D eigenvalue weighted by molar-refractivity contribution is 9.10. The maximum atomic E-state index is 11.8. The van der Waals surface area contributed by atoms with Crippen LogP contribution in [0.15, 0.2) is 22.7 Å². The molecule has 108 valence electrons. The third-order valence-corrected chi connectivity index (χ3v) is 4.21. The second kappa shape index (κ2) is 7.84. The zero-order chi connectivity index (χ0) is 14.3. The van der Waals surface area contributed by atoms with Gasteiger partial charge >= 0.3 is 0 Å². The summed E-state index contributed by atoms with van der Waals surface area (Å²) in [4.78, 5) is 0. The van der Waals surface area contributed by atoms with Crippen LogP contribution in [-0.2, 0) is 19.5 Å². The van der Waals surface area contributed by atoms with Gasteiger partial charge < -0.3 is 9.47 Å². The summed E-state index contributed by atoms with van der Waals surface area (Å²) in [6, 6.07) is 5.42. The van der Waals surface area contributed by atoms with E-state index in [0.29, 0.717) is 18.9 Å². The van der Waals surface area contributed by atoms with Crippen molar-refractivity contribution in [3.8, 4) is 0 Å². The van der Waals surface area contributed by atoms with Gasteiger partial charge in [0.2, 0.25) is 10.0 Å². The van der Waals surface area contributed by atoms with Crippen molar-refractivity contribution in [2.75, 3.05) is 37.4 Å². The van der Waals surface area contributed by atoms with Gasteiger partial charge in [-0.15, -0.1) is 0 Å². The van der Waals surface area contributed by atoms with Gasteiger partial charge in [-0.1, -0.05) is 6.07 Å². The molecule has 1 aromatic carbocycles. The average Bonchev–Trinajstić information content (AvgIpc) is 2.32. The highest BCUT2D eigenvalue weighted by Crippen LogP contribution is 2.24. The van der Waals surface area contributed by atoms with Gasteiger partial charge in [0.25, 0.3) is 0 Å². The van der Waals surface area contributed by atoms with E-state index in [0.717, 1.165) is 10.0 Å². The minimum absolute atomic E-state index is 0.0863. The molecule has 0 aliphatic rings. The number of sulfonamides is 1. The number of methoxy groups -OCH3 is 1. The van der Waals surface area contributed by atoms with Crippen molar-refractivity contribution in [3.05, 3.63) is 28.2 Å². The fraction of sp³-hybridized carbons (Fsp3) is 0.500. The van der Waals surface area contributed by atoms with Crippen LogP contribution >= 0.6 is 15.9 Å². The Bertz CT molecular complexity index is 504. The second-order valence-corrected chi connectivity index (χ2v) is 6.71. The Kier molecular flexibility index (Phi) is 6.78. The standard InChI is InChI=1S/C12H18BrNO4S/c1-10-3-4-12(11(13)9-10)14-19(15,16)8-7-18-6-5-17-2/h3-4,9,14H,5-8H2,1-2H3. The topological polar surface area (TPSA) is 64.6 Å². The zero-order valence-electron chi connectivity index (χ0n) is 11.0. The highest BCUT2D eigenvalue weighted by atomic mass is 79.9. The Hall–Kier alpha value is -0.630. The van der Waals surface area contributed by atoms with Crippen LogP contribution in [0.2, 0.25) is 0 Å². The molecule has 5 nitrogen and oxygen atoms in total. The molecule has 0 spiro atoms. The van der Waals surface area contributed by atoms with E-state index < -0.39 is 10.0 Å². The van der Waals surface area contributed by atoms with Crippen LogP contribution in [0.25, 0.3) is 0 Å². The van der Waals surface area contributed by atoms with Crippen molar-refractivity contribution < 1.29 is 17.9 Å². The molecule has 0 heterocycles. The van der Waals surface area contributed by atoms with Crippen LogP contribution in [0.5, 0.6) is 0 Å². The molecule has 0 aliphatic heterocycles. The molecule has 0 radical (unpaired) electrons. The lowest BCUT2D eigenvalue weighted by atomic mass is 10.2. The second-order valence-electron chi connectivity index (χ2n) is 4.01. The summed E-state index contributed by atoms with van der Waals surface area (Å²) in [7, 11) is -1.84. The zero-order valence-corrected chi connectivity index (χ0v) is 13.4. The Labute approximate surface area is 122 Å². The van der Waals surface area contributed by atoms with Gasteiger partial charge in [0.05, 0.1) is 31.3 Å². The van der Waals surface area contributed by atoms with E-state index in [-0.39, 0.29) is 12.4 Å². The monoisotopic (exact) mass is 351 g/mol. The maximum absolute atomic E-state index is 11.8. The average molecular weight is 352 g/mol. The van der Waals surface area contributed by atoms with E-state index >= 15 is 0 Å². The van der Waals surface area contributed by atoms with Gasteiger partial charge in [0.1, 0.15) is 0 Å². The molecule has 0 fully saturated rings. The predicted octanol–water partition coefficient (Wildman–Crippen LogP) is 2.16. The van der Waals surface area contributed by atoms with Crippen molar-refractivity contribution in [1.82, 2.24) is 0 Å². The van der Waals surface area contributed by atoms with Crippen LogP contribution in [0.4, 0.5) is 5.69 Å². The lowest BCUT2D eigenvalue weighted by Gasteiger charge is -2.10. The van der Waals surface area contributed by atoms with Gasteiger partial charge in [-0.25, -0.2) is 8.42 Å². The summed E-state index contributed by atoms with van der Waals surface area (Å²) in [5, 5.41) is 0. The number of hydrogen-bond acceptors (Lipinski definition) is 4. The highest BCUT2D eigenvalue weighted by Gasteiger charge is 2.12. The summed E-state index contributed by atoms with van der Waals surface area (Å²) in [6.45, 7) is 2.92. The number of ether oxygens (including phenoxy) is 2. The largest absolute Gasteiger partial charge is 0.382 e. The van der Waals surface area contributed by atoms with E-state index in [4.69, 9.17) is 9.47 Å². The molecule has 1 N–H and O–H groups in total. The smallest absolute Gasteiger partial charge is 0.235 e. The molecule has 0 saturated carbocycles. The van der Waals surface area contributed by atoms with Crippen molar-refractivity contribution in [3.63, 3.8) is 0 Å². The first kappa shape index (κ1) is 16.4. The summed E-state index contributed by atoms with van der Waals surface area (Å²) in [5.41, 5.74) is 1.58. The first-order valence-corrected chi connectivity index (χ1v) is 8.22. The van der Waals surface area contributed by atoms with Crippen molar-refractivity contribution in [1.29, 1.82) is 0 Å². The molecular weight excluding hydrogens is 334 g/mol. The number of hydrogen-bond donors (Lipinski definition) is 1. The molecule has 0 saturated heterocycles. The molecule has 0 aliphatic carbocycles. The van der Waals surface area contributed by atoms with Crippen LogP contribution in [-0.4, -0.2) is 41.1 Å². The summed E-state index contributed by atoms with van der Waals surface area (Å²) in [5.74, 6) is -0.0863. The van der Waals surface area contributed by atoms with Gasteiger partial charge in [-0.05, 0) is 40.5 Å². The molecule has 7 heteroatoms. The Morgan fingerprint density at radius 3 is 2.63 bits per heavy atom. The molecule has 0 aromatic heterocycles. The summed E-state index contributed by atoms with van der Waals surface area (Å²) >= 11 is 3.33. The Balaban J connectivity index is 2.50. The lowest BCUT2D eigenvalue weighted by molar-refractivity contribution is 0.0785. The molecule has 1 aromatic rings. The van der Waals surface area contributed by atoms with E-state index in [1.54, 1.807) is 13.2 Å². The minimum Gasteiger partial charge on any atom is -0.382 e. The SMILES string of the molecule is COCCOCCS(=O)(=O)Nc1ccc(C)cc1Br. The minimum atomic E-state index is -3.40. The van der Waals surface area contributed by atoms with Gasteiger partial charge in [-0.3, -0.25) is 4.72 Å². The fourth-order valence-corrected chi connectivity index (χ4v) is 3.01. The van der Waals surface area contributed by atoms with Crippen LogP contribution in [0.3, 0.4) is 0 Å². The number of aryl methyl sites for hydroxylation is 1. The lowest BCUT2D eigenvalue weighted by Crippen LogP contribution is -2.21. The molecule has 0 unspecified atom stereocenters. The van der Waals surface area contributed by atoms with Gasteiger partial charge in [0.15, 0.2) is 0 Å². The number of nitrogens with one attached hydrogen (secondary N) is 1. The number of halogens is 1. The number of rotatable bonds is 8. The van der Waals surface area contributed by atoms with Gasteiger partial charge in [0, 0.05) is 11.6 Å². The molecule has 0 amide bonds. The van der Waals surface area contributed by atoms with Crippen LogP contribution in [0.1, 0.15) is 5.56 Å². The van der Waals surface area contributed by atoms with Crippen molar-refractivity contribution >= 4 is 31.6 Å². The fourth-order valence-electron chi connectivity index (χ4n) is 1.33. The molecule has 0 atom stereocenters. The third kappa shape index (κ3) is 6.38. The van der Waals surface area contributed by atoms with E-state index in [1.165, 1.54) is 0 Å². The van der Waals surface area contributed by atoms with Crippen molar-refractivity contribution in [2.24, 2.45) is 0 Å². The summed E-state index contributed by atoms with van der Waals surface area (Å²) < 4.78 is 36.8. The Morgan fingerprint density at radius 1 is 1.26 bits per heavy atom. The van der Waals surface area contributed by atoms with E-state index in [1.807, 2.05) is 19.1 Å². The molecular formula is C12H18BrNO4S. The van der Waals surface area contributed by atoms with Crippen molar-refractivity contribution in [2.45, 2.75) is 6.92 Å². The van der Waals surface area contributed by atoms with E-state index in [2.05, 4.69) is 20.7 Å². The molecule has 1 rings (SSSR count). The van der Waals surface area contributed by atoms with Crippen LogP contribution in [0, 0.1) is 6.92 Å². The summed E-state index contributed by atoms with van der Waals surface area (Å²) in [6.07, 6.45) is 0. The molecule has 0 bridgehead atoms. The maximum Gasteiger partial charge on any atom is 0.235 e. The third-order valence-electron chi connectivity index (χ3n) is 2.32. The quantitative estimate of drug-likeness (QED) is 0.729. The first-order chi connectivity index (χ1) is 8.94.